The molecule has 2 heterocycles. The monoisotopic (exact) mass is 291 g/mol. The molecule has 0 aromatic carbocycles. The van der Waals surface area contributed by atoms with Crippen molar-refractivity contribution in [2.24, 2.45) is 11.8 Å². The summed E-state index contributed by atoms with van der Waals surface area (Å²) in [4.78, 5) is 22.4. The molecule has 0 amide bonds. The van der Waals surface area contributed by atoms with Gasteiger partial charge in [0, 0.05) is 19.1 Å². The minimum absolute atomic E-state index is 0.00396. The fraction of sp³-hybridized carbons (Fsp3) is 0.462. The van der Waals surface area contributed by atoms with E-state index in [-0.39, 0.29) is 48.1 Å². The minimum Gasteiger partial charge on any atom is -0.396 e. The maximum atomic E-state index is 11.8. The molecule has 0 spiro atoms. The second-order valence-corrected chi connectivity index (χ2v) is 5.25. The van der Waals surface area contributed by atoms with Crippen LogP contribution in [0.4, 0.5) is 5.95 Å². The number of anilines is 1. The van der Waals surface area contributed by atoms with Crippen LogP contribution in [0.3, 0.4) is 0 Å². The average molecular weight is 291 g/mol. The molecule has 0 unspecified atom stereocenters. The number of imidazole rings is 1. The first-order valence-electron chi connectivity index (χ1n) is 6.76. The summed E-state index contributed by atoms with van der Waals surface area (Å²) >= 11 is 0. The first-order valence-corrected chi connectivity index (χ1v) is 6.76. The number of H-pyrrole nitrogens is 1. The van der Waals surface area contributed by atoms with E-state index in [4.69, 9.17) is 5.73 Å². The van der Waals surface area contributed by atoms with Crippen molar-refractivity contribution >= 4 is 17.1 Å². The summed E-state index contributed by atoms with van der Waals surface area (Å²) in [5.74, 6) is -0.0507. The number of aromatic nitrogens is 4. The second-order valence-electron chi connectivity index (χ2n) is 5.25. The SMILES string of the molecule is Nc1nc2c(ncn2[C@H]2C=C[C@H](CO)[C@@H](CO)C2)c(=O)[nH]1. The molecule has 0 saturated heterocycles. The molecule has 5 N–H and O–H groups in total. The standard InChI is InChI=1S/C13H17N5O3/c14-13-16-11-10(12(21)17-13)15-6-18(11)9-2-1-7(4-19)8(3-9)5-20/h1-2,6-9,19-20H,3-5H2,(H3,14,16,17,21)/t7-,8-,9+/m1/s1. The molecule has 112 valence electrons. The molecular formula is C13H17N5O3. The van der Waals surface area contributed by atoms with Crippen LogP contribution < -0.4 is 11.3 Å². The van der Waals surface area contributed by atoms with Gasteiger partial charge in [0.25, 0.3) is 5.56 Å². The van der Waals surface area contributed by atoms with Gasteiger partial charge in [0.15, 0.2) is 11.2 Å². The van der Waals surface area contributed by atoms with Crippen molar-refractivity contribution < 1.29 is 10.2 Å². The highest BCUT2D eigenvalue weighted by atomic mass is 16.3. The van der Waals surface area contributed by atoms with Gasteiger partial charge in [-0.2, -0.15) is 4.98 Å². The van der Waals surface area contributed by atoms with Crippen LogP contribution in [-0.4, -0.2) is 42.9 Å². The summed E-state index contributed by atoms with van der Waals surface area (Å²) in [6.45, 7) is -0.00115. The van der Waals surface area contributed by atoms with E-state index < -0.39 is 0 Å². The molecule has 0 saturated carbocycles. The summed E-state index contributed by atoms with van der Waals surface area (Å²) in [7, 11) is 0. The van der Waals surface area contributed by atoms with E-state index in [0.29, 0.717) is 12.1 Å². The Morgan fingerprint density at radius 1 is 1.38 bits per heavy atom. The van der Waals surface area contributed by atoms with E-state index in [9.17, 15) is 15.0 Å². The molecule has 1 aliphatic rings. The Balaban J connectivity index is 2.03. The third kappa shape index (κ3) is 2.32. The number of rotatable bonds is 3. The number of nitrogens with one attached hydrogen (secondary N) is 1. The lowest BCUT2D eigenvalue weighted by Crippen LogP contribution is -2.27. The second kappa shape index (κ2) is 5.30. The Morgan fingerprint density at radius 3 is 2.90 bits per heavy atom. The normalized spacial score (nSPS) is 25.5. The van der Waals surface area contributed by atoms with Gasteiger partial charge in [-0.25, -0.2) is 4.98 Å². The quantitative estimate of drug-likeness (QED) is 0.560. The zero-order valence-electron chi connectivity index (χ0n) is 11.3. The van der Waals surface area contributed by atoms with Crippen LogP contribution in [0.15, 0.2) is 23.3 Å². The summed E-state index contributed by atoms with van der Waals surface area (Å²) in [5.41, 5.74) is 5.87. The van der Waals surface area contributed by atoms with Crippen LogP contribution in [0.5, 0.6) is 0 Å². The third-order valence-corrected chi connectivity index (χ3v) is 3.98. The minimum atomic E-state index is -0.372. The predicted molar refractivity (Wildman–Crippen MR) is 76.5 cm³/mol. The molecule has 2 aromatic heterocycles. The number of nitrogen functional groups attached to an aromatic ring is 1. The number of fused-ring (bicyclic) bond motifs is 1. The van der Waals surface area contributed by atoms with E-state index >= 15 is 0 Å². The highest BCUT2D eigenvalue weighted by Gasteiger charge is 2.27. The molecule has 3 atom stereocenters. The van der Waals surface area contributed by atoms with Gasteiger partial charge in [-0.15, -0.1) is 0 Å². The summed E-state index contributed by atoms with van der Waals surface area (Å²) in [5, 5.41) is 18.7. The first kappa shape index (κ1) is 13.8. The number of nitrogens with zero attached hydrogens (tertiary/aromatic N) is 3. The Morgan fingerprint density at radius 2 is 2.19 bits per heavy atom. The lowest BCUT2D eigenvalue weighted by atomic mass is 9.82. The number of nitrogens with two attached hydrogens (primary N) is 1. The number of aliphatic hydroxyl groups excluding tert-OH is 2. The molecule has 0 fully saturated rings. The topological polar surface area (TPSA) is 130 Å². The average Bonchev–Trinajstić information content (AvgIpc) is 2.90. The number of hydrogen-bond donors (Lipinski definition) is 4. The maximum absolute atomic E-state index is 11.8. The molecule has 8 heteroatoms. The Hall–Kier alpha value is -2.19. The highest BCUT2D eigenvalue weighted by Crippen LogP contribution is 2.32. The van der Waals surface area contributed by atoms with E-state index in [0.717, 1.165) is 0 Å². The molecular weight excluding hydrogens is 274 g/mol. The van der Waals surface area contributed by atoms with Gasteiger partial charge in [-0.3, -0.25) is 9.78 Å². The zero-order chi connectivity index (χ0) is 15.0. The van der Waals surface area contributed by atoms with Gasteiger partial charge >= 0.3 is 0 Å². The predicted octanol–water partition coefficient (Wildman–Crippen LogP) is -0.580. The van der Waals surface area contributed by atoms with Crippen LogP contribution in [0, 0.1) is 11.8 Å². The molecule has 3 rings (SSSR count). The van der Waals surface area contributed by atoms with Crippen molar-refractivity contribution in [1.29, 1.82) is 0 Å². The summed E-state index contributed by atoms with van der Waals surface area (Å²) in [6, 6.07) is -0.0800. The highest BCUT2D eigenvalue weighted by molar-refractivity contribution is 5.70. The van der Waals surface area contributed by atoms with Gasteiger partial charge < -0.3 is 20.5 Å². The number of aliphatic hydroxyl groups is 2. The van der Waals surface area contributed by atoms with Crippen molar-refractivity contribution in [3.8, 4) is 0 Å². The fourth-order valence-electron chi connectivity index (χ4n) is 2.80. The van der Waals surface area contributed by atoms with E-state index in [1.54, 1.807) is 10.9 Å². The van der Waals surface area contributed by atoms with Gasteiger partial charge in [0.05, 0.1) is 12.4 Å². The largest absolute Gasteiger partial charge is 0.396 e. The van der Waals surface area contributed by atoms with Crippen molar-refractivity contribution in [2.75, 3.05) is 18.9 Å². The summed E-state index contributed by atoms with van der Waals surface area (Å²) in [6.07, 6.45) is 6.01. The molecule has 0 radical (unpaired) electrons. The number of aromatic amines is 1. The lowest BCUT2D eigenvalue weighted by Gasteiger charge is -2.30. The first-order chi connectivity index (χ1) is 10.1. The summed E-state index contributed by atoms with van der Waals surface area (Å²) < 4.78 is 1.77. The lowest BCUT2D eigenvalue weighted by molar-refractivity contribution is 0.124. The molecule has 21 heavy (non-hydrogen) atoms. The van der Waals surface area contributed by atoms with Crippen LogP contribution in [0.2, 0.25) is 0 Å². The maximum Gasteiger partial charge on any atom is 0.280 e. The molecule has 8 nitrogen and oxygen atoms in total. The number of hydrogen-bond acceptors (Lipinski definition) is 6. The third-order valence-electron chi connectivity index (χ3n) is 3.98. The molecule has 1 aliphatic carbocycles. The van der Waals surface area contributed by atoms with Crippen molar-refractivity contribution in [3.05, 3.63) is 28.8 Å². The van der Waals surface area contributed by atoms with Crippen LogP contribution >= 0.6 is 0 Å². The Bertz CT molecular complexity index is 735. The van der Waals surface area contributed by atoms with Gasteiger partial charge in [-0.1, -0.05) is 12.2 Å². The molecule has 2 aromatic rings. The van der Waals surface area contributed by atoms with Gasteiger partial charge in [0.2, 0.25) is 5.95 Å². The van der Waals surface area contributed by atoms with Crippen LogP contribution in [0.1, 0.15) is 12.5 Å². The van der Waals surface area contributed by atoms with Crippen molar-refractivity contribution in [3.63, 3.8) is 0 Å². The van der Waals surface area contributed by atoms with Gasteiger partial charge in [-0.05, 0) is 12.3 Å². The molecule has 0 aliphatic heterocycles. The van der Waals surface area contributed by atoms with E-state index in [2.05, 4.69) is 15.0 Å². The fourth-order valence-corrected chi connectivity index (χ4v) is 2.80. The van der Waals surface area contributed by atoms with Crippen molar-refractivity contribution in [2.45, 2.75) is 12.5 Å². The van der Waals surface area contributed by atoms with Crippen LogP contribution in [-0.2, 0) is 0 Å². The van der Waals surface area contributed by atoms with E-state index in [1.807, 2.05) is 12.2 Å². The zero-order valence-corrected chi connectivity index (χ0v) is 11.3. The Kier molecular flexibility index (Phi) is 3.48. The Labute approximate surface area is 120 Å². The van der Waals surface area contributed by atoms with E-state index in [1.165, 1.54) is 0 Å². The van der Waals surface area contributed by atoms with Crippen LogP contribution in [0.25, 0.3) is 11.2 Å². The molecule has 0 bridgehead atoms. The number of allylic oxidation sites excluding steroid dienone is 1. The van der Waals surface area contributed by atoms with Crippen molar-refractivity contribution in [1.82, 2.24) is 19.5 Å². The van der Waals surface area contributed by atoms with Gasteiger partial charge in [0.1, 0.15) is 0 Å². The smallest absolute Gasteiger partial charge is 0.280 e.